The maximum Gasteiger partial charge on any atom is 0.269 e. The quantitative estimate of drug-likeness (QED) is 0.575. The summed E-state index contributed by atoms with van der Waals surface area (Å²) in [5, 5.41) is 7.70. The summed E-state index contributed by atoms with van der Waals surface area (Å²) in [7, 11) is 0. The molecule has 8 heteroatoms. The molecule has 1 aromatic carbocycles. The van der Waals surface area contributed by atoms with E-state index in [9.17, 15) is 9.59 Å². The summed E-state index contributed by atoms with van der Waals surface area (Å²) in [5.74, 6) is -0.703. The third-order valence-corrected chi connectivity index (χ3v) is 2.50. The number of carbonyl (C=O) groups excluding carboxylic acids is 2. The van der Waals surface area contributed by atoms with Crippen molar-refractivity contribution in [1.29, 1.82) is 0 Å². The first-order chi connectivity index (χ1) is 9.47. The van der Waals surface area contributed by atoms with E-state index in [0.717, 1.165) is 0 Å². The van der Waals surface area contributed by atoms with E-state index >= 15 is 0 Å². The number of benzene rings is 1. The Morgan fingerprint density at radius 1 is 1.20 bits per heavy atom. The number of hydrogen-bond acceptors (Lipinski definition) is 6. The second-order valence-corrected chi connectivity index (χ2v) is 3.99. The van der Waals surface area contributed by atoms with Crippen LogP contribution < -0.4 is 11.5 Å². The highest BCUT2D eigenvalue weighted by molar-refractivity contribution is 5.95. The number of primary amides is 1. The van der Waals surface area contributed by atoms with Crippen molar-refractivity contribution in [2.24, 2.45) is 16.0 Å². The molecule has 0 aliphatic carbocycles. The lowest BCUT2D eigenvalue weighted by Crippen LogP contribution is -2.13. The van der Waals surface area contributed by atoms with Crippen LogP contribution in [0.4, 0.5) is 17.5 Å². The SMILES string of the molecule is CC(=O)c1ccc(N=Nc2nc(N)c(C(N)=O)[nH]2)cc1. The van der Waals surface area contributed by atoms with Gasteiger partial charge in [-0.15, -0.1) is 10.2 Å². The number of nitrogens with one attached hydrogen (secondary N) is 1. The van der Waals surface area contributed by atoms with Gasteiger partial charge in [0.05, 0.1) is 5.69 Å². The van der Waals surface area contributed by atoms with Crippen LogP contribution in [0.2, 0.25) is 0 Å². The number of carbonyl (C=O) groups is 2. The monoisotopic (exact) mass is 272 g/mol. The summed E-state index contributed by atoms with van der Waals surface area (Å²) in [6.07, 6.45) is 0. The van der Waals surface area contributed by atoms with Gasteiger partial charge in [0.25, 0.3) is 5.91 Å². The molecule has 8 nitrogen and oxygen atoms in total. The summed E-state index contributed by atoms with van der Waals surface area (Å²) in [5.41, 5.74) is 11.7. The van der Waals surface area contributed by atoms with Gasteiger partial charge in [-0.25, -0.2) is 0 Å². The lowest BCUT2D eigenvalue weighted by molar-refractivity contribution is 0.0993. The molecule has 102 valence electrons. The van der Waals surface area contributed by atoms with Crippen LogP contribution >= 0.6 is 0 Å². The Hall–Kier alpha value is -3.03. The maximum absolute atomic E-state index is 11.1. The molecule has 0 atom stereocenters. The van der Waals surface area contributed by atoms with Crippen molar-refractivity contribution in [3.05, 3.63) is 35.5 Å². The molecule has 0 saturated carbocycles. The highest BCUT2D eigenvalue weighted by Crippen LogP contribution is 2.19. The minimum Gasteiger partial charge on any atom is -0.382 e. The molecule has 2 rings (SSSR count). The molecule has 0 aliphatic heterocycles. The average molecular weight is 272 g/mol. The van der Waals surface area contributed by atoms with Crippen LogP contribution in [-0.4, -0.2) is 21.7 Å². The fraction of sp³-hybridized carbons (Fsp3) is 0.0833. The van der Waals surface area contributed by atoms with Gasteiger partial charge in [-0.1, -0.05) is 0 Å². The highest BCUT2D eigenvalue weighted by atomic mass is 16.1. The number of azo groups is 1. The van der Waals surface area contributed by atoms with Gasteiger partial charge < -0.3 is 16.5 Å². The number of aromatic nitrogens is 2. The maximum atomic E-state index is 11.1. The number of amides is 1. The fourth-order valence-electron chi connectivity index (χ4n) is 1.48. The van der Waals surface area contributed by atoms with Crippen LogP contribution in [0, 0.1) is 0 Å². The van der Waals surface area contributed by atoms with Crippen molar-refractivity contribution in [2.75, 3.05) is 5.73 Å². The Morgan fingerprint density at radius 3 is 2.35 bits per heavy atom. The van der Waals surface area contributed by atoms with Crippen molar-refractivity contribution < 1.29 is 9.59 Å². The number of rotatable bonds is 4. The van der Waals surface area contributed by atoms with E-state index in [1.165, 1.54) is 6.92 Å². The second-order valence-electron chi connectivity index (χ2n) is 3.99. The van der Waals surface area contributed by atoms with Gasteiger partial charge in [-0.3, -0.25) is 9.59 Å². The predicted molar refractivity (Wildman–Crippen MR) is 72.1 cm³/mol. The zero-order valence-corrected chi connectivity index (χ0v) is 10.6. The molecular weight excluding hydrogens is 260 g/mol. The minimum atomic E-state index is -0.720. The molecule has 0 saturated heterocycles. The molecule has 0 aliphatic rings. The lowest BCUT2D eigenvalue weighted by atomic mass is 10.1. The van der Waals surface area contributed by atoms with E-state index in [0.29, 0.717) is 11.3 Å². The number of H-pyrrole nitrogens is 1. The van der Waals surface area contributed by atoms with Gasteiger partial charge in [0.1, 0.15) is 5.69 Å². The molecular formula is C12H12N6O2. The van der Waals surface area contributed by atoms with Gasteiger partial charge >= 0.3 is 0 Å². The number of Topliss-reactive ketones (excluding diaryl/α,β-unsaturated/α-hetero) is 1. The zero-order valence-electron chi connectivity index (χ0n) is 10.6. The Balaban J connectivity index is 2.18. The van der Waals surface area contributed by atoms with Crippen molar-refractivity contribution >= 4 is 29.1 Å². The number of nitrogen functional groups attached to an aromatic ring is 1. The molecule has 2 aromatic rings. The number of imidazole rings is 1. The smallest absolute Gasteiger partial charge is 0.269 e. The van der Waals surface area contributed by atoms with E-state index < -0.39 is 5.91 Å². The fourth-order valence-corrected chi connectivity index (χ4v) is 1.48. The van der Waals surface area contributed by atoms with Crippen LogP contribution in [0.5, 0.6) is 0 Å². The van der Waals surface area contributed by atoms with E-state index in [2.05, 4.69) is 20.2 Å². The van der Waals surface area contributed by atoms with E-state index in [-0.39, 0.29) is 23.2 Å². The summed E-state index contributed by atoms with van der Waals surface area (Å²) >= 11 is 0. The number of hydrogen-bond donors (Lipinski definition) is 3. The van der Waals surface area contributed by atoms with Crippen LogP contribution in [0.15, 0.2) is 34.5 Å². The number of nitrogens with zero attached hydrogens (tertiary/aromatic N) is 3. The normalized spacial score (nSPS) is 10.8. The number of ketones is 1. The van der Waals surface area contributed by atoms with Crippen molar-refractivity contribution in [3.63, 3.8) is 0 Å². The van der Waals surface area contributed by atoms with E-state index in [4.69, 9.17) is 11.5 Å². The Morgan fingerprint density at radius 2 is 1.85 bits per heavy atom. The van der Waals surface area contributed by atoms with Gasteiger partial charge in [0.2, 0.25) is 5.95 Å². The summed E-state index contributed by atoms with van der Waals surface area (Å²) < 4.78 is 0. The largest absolute Gasteiger partial charge is 0.382 e. The Kier molecular flexibility index (Phi) is 3.56. The van der Waals surface area contributed by atoms with Crippen molar-refractivity contribution in [1.82, 2.24) is 9.97 Å². The molecule has 20 heavy (non-hydrogen) atoms. The predicted octanol–water partition coefficient (Wildman–Crippen LogP) is 1.71. The van der Waals surface area contributed by atoms with Gasteiger partial charge in [-0.05, 0) is 31.2 Å². The van der Waals surface area contributed by atoms with E-state index in [1.807, 2.05) is 0 Å². The molecule has 1 aromatic heterocycles. The van der Waals surface area contributed by atoms with Crippen molar-refractivity contribution in [3.8, 4) is 0 Å². The van der Waals surface area contributed by atoms with Crippen LogP contribution in [-0.2, 0) is 0 Å². The zero-order chi connectivity index (χ0) is 14.7. The lowest BCUT2D eigenvalue weighted by Gasteiger charge is -1.95. The Bertz CT molecular complexity index is 686. The molecule has 0 spiro atoms. The molecule has 0 fully saturated rings. The molecule has 0 unspecified atom stereocenters. The molecule has 0 bridgehead atoms. The third-order valence-electron chi connectivity index (χ3n) is 2.50. The number of anilines is 1. The minimum absolute atomic E-state index is 0.00845. The van der Waals surface area contributed by atoms with Crippen LogP contribution in [0.25, 0.3) is 0 Å². The van der Waals surface area contributed by atoms with Crippen LogP contribution in [0.1, 0.15) is 27.8 Å². The number of aromatic amines is 1. The van der Waals surface area contributed by atoms with Crippen LogP contribution in [0.3, 0.4) is 0 Å². The Labute approximate surface area is 113 Å². The molecule has 0 radical (unpaired) electrons. The summed E-state index contributed by atoms with van der Waals surface area (Å²) in [6.45, 7) is 1.48. The van der Waals surface area contributed by atoms with Gasteiger partial charge in [0, 0.05) is 5.56 Å². The first-order valence-corrected chi connectivity index (χ1v) is 5.65. The topological polar surface area (TPSA) is 140 Å². The number of nitrogens with two attached hydrogens (primary N) is 2. The first-order valence-electron chi connectivity index (χ1n) is 5.65. The van der Waals surface area contributed by atoms with Gasteiger partial charge in [0.15, 0.2) is 11.6 Å². The summed E-state index contributed by atoms with van der Waals surface area (Å²) in [4.78, 5) is 28.4. The second kappa shape index (κ2) is 5.31. The first kappa shape index (κ1) is 13.4. The van der Waals surface area contributed by atoms with Gasteiger partial charge in [-0.2, -0.15) is 4.98 Å². The molecule has 1 amide bonds. The molecule has 5 N–H and O–H groups in total. The van der Waals surface area contributed by atoms with E-state index in [1.54, 1.807) is 24.3 Å². The summed E-state index contributed by atoms with van der Waals surface area (Å²) in [6, 6.07) is 6.56. The molecule has 1 heterocycles. The highest BCUT2D eigenvalue weighted by Gasteiger charge is 2.11. The standard InChI is InChI=1S/C12H12N6O2/c1-6(19)7-2-4-8(5-3-7)17-18-12-15-9(11(14)20)10(13)16-12/h2-5H,13H2,1H3,(H2,14,20)(H,15,16). The average Bonchev–Trinajstić information content (AvgIpc) is 2.78. The van der Waals surface area contributed by atoms with Crippen molar-refractivity contribution in [2.45, 2.75) is 6.92 Å². The third kappa shape index (κ3) is 2.86.